The lowest BCUT2D eigenvalue weighted by molar-refractivity contribution is 0.304. The highest BCUT2D eigenvalue weighted by Crippen LogP contribution is 2.19. The zero-order chi connectivity index (χ0) is 26.1. The van der Waals surface area contributed by atoms with Crippen LogP contribution in [0.25, 0.3) is 12.2 Å². The van der Waals surface area contributed by atoms with Gasteiger partial charge in [0.2, 0.25) is 0 Å². The lowest BCUT2D eigenvalue weighted by Gasteiger charge is -2.17. The van der Waals surface area contributed by atoms with Gasteiger partial charge in [-0.3, -0.25) is 0 Å². The highest BCUT2D eigenvalue weighted by molar-refractivity contribution is 7.91. The second-order valence-corrected chi connectivity index (χ2v) is 12.0. The second kappa shape index (κ2) is 17.4. The standard InChI is InChI=1S/C31H47NO3S/c1-3-4-5-6-7-8-9-10-11-12-13-14-27-36(34,35)31-23-19-29(20-24-31)16-15-28-17-21-30(22-18-28)32(2)25-26-33/h15-24,33H,3-14,25-27H2,1-2H3. The van der Waals surface area contributed by atoms with Crippen molar-refractivity contribution in [2.24, 2.45) is 0 Å². The largest absolute Gasteiger partial charge is 0.395 e. The second-order valence-electron chi connectivity index (χ2n) is 9.85. The molecule has 0 heterocycles. The van der Waals surface area contributed by atoms with E-state index < -0.39 is 9.84 Å². The molecule has 0 aliphatic rings. The van der Waals surface area contributed by atoms with E-state index in [9.17, 15) is 8.42 Å². The fourth-order valence-electron chi connectivity index (χ4n) is 4.35. The van der Waals surface area contributed by atoms with Crippen LogP contribution in [0.2, 0.25) is 0 Å². The Labute approximate surface area is 220 Å². The Hall–Kier alpha value is -2.11. The smallest absolute Gasteiger partial charge is 0.178 e. The van der Waals surface area contributed by atoms with Crippen molar-refractivity contribution in [3.8, 4) is 0 Å². The summed E-state index contributed by atoms with van der Waals surface area (Å²) in [6.07, 6.45) is 18.8. The van der Waals surface area contributed by atoms with Gasteiger partial charge >= 0.3 is 0 Å². The number of aliphatic hydroxyl groups is 1. The molecule has 0 bridgehead atoms. The Morgan fingerprint density at radius 2 is 1.14 bits per heavy atom. The minimum Gasteiger partial charge on any atom is -0.395 e. The molecular weight excluding hydrogens is 466 g/mol. The minimum absolute atomic E-state index is 0.128. The molecule has 36 heavy (non-hydrogen) atoms. The van der Waals surface area contributed by atoms with Crippen LogP contribution >= 0.6 is 0 Å². The zero-order valence-electron chi connectivity index (χ0n) is 22.5. The van der Waals surface area contributed by atoms with Crippen LogP contribution in [-0.4, -0.2) is 39.5 Å². The third kappa shape index (κ3) is 11.7. The van der Waals surface area contributed by atoms with E-state index in [0.717, 1.165) is 36.1 Å². The lowest BCUT2D eigenvalue weighted by atomic mass is 10.1. The number of unbranched alkanes of at least 4 members (excludes halogenated alkanes) is 11. The Morgan fingerprint density at radius 1 is 0.694 bits per heavy atom. The van der Waals surface area contributed by atoms with Crippen LogP contribution < -0.4 is 4.90 Å². The quantitative estimate of drug-likeness (QED) is 0.154. The van der Waals surface area contributed by atoms with Crippen molar-refractivity contribution in [3.63, 3.8) is 0 Å². The van der Waals surface area contributed by atoms with Crippen LogP contribution in [0.3, 0.4) is 0 Å². The summed E-state index contributed by atoms with van der Waals surface area (Å²) in [7, 11) is -1.27. The van der Waals surface area contributed by atoms with E-state index in [2.05, 4.69) is 6.92 Å². The molecule has 0 radical (unpaired) electrons. The average molecular weight is 514 g/mol. The van der Waals surface area contributed by atoms with Crippen molar-refractivity contribution >= 4 is 27.7 Å². The highest BCUT2D eigenvalue weighted by Gasteiger charge is 2.13. The molecule has 2 aromatic carbocycles. The molecule has 0 aliphatic carbocycles. The van der Waals surface area contributed by atoms with Gasteiger partial charge in [-0.15, -0.1) is 0 Å². The molecule has 0 amide bonds. The summed E-state index contributed by atoms with van der Waals surface area (Å²) in [5.74, 6) is 0.233. The maximum Gasteiger partial charge on any atom is 0.178 e. The predicted molar refractivity (Wildman–Crippen MR) is 155 cm³/mol. The molecule has 0 unspecified atom stereocenters. The van der Waals surface area contributed by atoms with Crippen LogP contribution in [0.5, 0.6) is 0 Å². The monoisotopic (exact) mass is 513 g/mol. The van der Waals surface area contributed by atoms with Crippen molar-refractivity contribution < 1.29 is 13.5 Å². The van der Waals surface area contributed by atoms with Gasteiger partial charge in [-0.25, -0.2) is 8.42 Å². The molecule has 5 heteroatoms. The molecule has 0 saturated carbocycles. The first kappa shape index (κ1) is 30.1. The van der Waals surface area contributed by atoms with E-state index in [0.29, 0.717) is 11.4 Å². The number of anilines is 1. The minimum atomic E-state index is -3.22. The molecule has 0 spiro atoms. The lowest BCUT2D eigenvalue weighted by Crippen LogP contribution is -2.20. The van der Waals surface area contributed by atoms with Crippen LogP contribution in [-0.2, 0) is 9.84 Å². The van der Waals surface area contributed by atoms with Gasteiger partial charge in [0.15, 0.2) is 9.84 Å². The number of hydrogen-bond acceptors (Lipinski definition) is 4. The number of hydrogen-bond donors (Lipinski definition) is 1. The van der Waals surface area contributed by atoms with Gasteiger partial charge in [-0.1, -0.05) is 114 Å². The van der Waals surface area contributed by atoms with Crippen molar-refractivity contribution in [2.75, 3.05) is 30.9 Å². The summed E-state index contributed by atoms with van der Waals surface area (Å²) in [4.78, 5) is 2.42. The number of rotatable bonds is 19. The maximum atomic E-state index is 12.7. The molecule has 0 fully saturated rings. The first-order valence-corrected chi connectivity index (χ1v) is 15.5. The van der Waals surface area contributed by atoms with Gasteiger partial charge in [-0.2, -0.15) is 0 Å². The van der Waals surface area contributed by atoms with Crippen molar-refractivity contribution in [1.29, 1.82) is 0 Å². The molecule has 200 valence electrons. The van der Waals surface area contributed by atoms with Crippen LogP contribution in [0, 0.1) is 0 Å². The molecule has 1 N–H and O–H groups in total. The Bertz CT molecular complexity index is 966. The summed E-state index contributed by atoms with van der Waals surface area (Å²) in [6, 6.07) is 15.3. The molecule has 2 aromatic rings. The van der Waals surface area contributed by atoms with E-state index in [1.54, 1.807) is 12.1 Å². The number of nitrogens with zero attached hydrogens (tertiary/aromatic N) is 1. The third-order valence-electron chi connectivity index (χ3n) is 6.74. The van der Waals surface area contributed by atoms with E-state index in [1.165, 1.54) is 57.8 Å². The van der Waals surface area contributed by atoms with Gasteiger partial charge in [0.1, 0.15) is 0 Å². The summed E-state index contributed by atoms with van der Waals surface area (Å²) in [5, 5.41) is 9.06. The molecule has 0 aromatic heterocycles. The Kier molecular flexibility index (Phi) is 14.5. The predicted octanol–water partition coefficient (Wildman–Crippen LogP) is 7.76. The molecule has 4 nitrogen and oxygen atoms in total. The summed E-state index contributed by atoms with van der Waals surface area (Å²) in [6.45, 7) is 2.98. The molecular formula is C31H47NO3S. The highest BCUT2D eigenvalue weighted by atomic mass is 32.2. The first-order valence-electron chi connectivity index (χ1n) is 13.9. The number of likely N-dealkylation sites (N-methyl/N-ethyl adjacent to an activating group) is 1. The van der Waals surface area contributed by atoms with Crippen LogP contribution in [0.4, 0.5) is 5.69 Å². The summed E-state index contributed by atoms with van der Waals surface area (Å²) < 4.78 is 25.4. The number of aliphatic hydroxyl groups excluding tert-OH is 1. The van der Waals surface area contributed by atoms with Crippen molar-refractivity contribution in [1.82, 2.24) is 0 Å². The number of benzene rings is 2. The molecule has 0 aliphatic heterocycles. The van der Waals surface area contributed by atoms with Gasteiger partial charge in [0.25, 0.3) is 0 Å². The zero-order valence-corrected chi connectivity index (χ0v) is 23.3. The van der Waals surface area contributed by atoms with Crippen molar-refractivity contribution in [3.05, 3.63) is 59.7 Å². The van der Waals surface area contributed by atoms with Crippen LogP contribution in [0.1, 0.15) is 95.1 Å². The molecule has 0 atom stereocenters. The Morgan fingerprint density at radius 3 is 1.61 bits per heavy atom. The van der Waals surface area contributed by atoms with Crippen molar-refractivity contribution in [2.45, 2.75) is 88.9 Å². The topological polar surface area (TPSA) is 57.6 Å². The van der Waals surface area contributed by atoms with E-state index >= 15 is 0 Å². The Balaban J connectivity index is 1.68. The molecule has 2 rings (SSSR count). The summed E-state index contributed by atoms with van der Waals surface area (Å²) in [5.41, 5.74) is 3.10. The van der Waals surface area contributed by atoms with Gasteiger partial charge in [0, 0.05) is 19.3 Å². The van der Waals surface area contributed by atoms with Gasteiger partial charge in [-0.05, 0) is 41.8 Å². The van der Waals surface area contributed by atoms with Crippen LogP contribution in [0.15, 0.2) is 53.4 Å². The fraction of sp³-hybridized carbons (Fsp3) is 0.548. The van der Waals surface area contributed by atoms with E-state index in [1.807, 2.05) is 60.5 Å². The molecule has 0 saturated heterocycles. The average Bonchev–Trinajstić information content (AvgIpc) is 2.89. The van der Waals surface area contributed by atoms with Gasteiger partial charge < -0.3 is 10.0 Å². The normalized spacial score (nSPS) is 11.9. The third-order valence-corrected chi connectivity index (χ3v) is 8.56. The van der Waals surface area contributed by atoms with Gasteiger partial charge in [0.05, 0.1) is 17.3 Å². The maximum absolute atomic E-state index is 12.7. The van der Waals surface area contributed by atoms with E-state index in [-0.39, 0.29) is 12.4 Å². The summed E-state index contributed by atoms with van der Waals surface area (Å²) >= 11 is 0. The number of sulfone groups is 1. The SMILES string of the molecule is CCCCCCCCCCCCCCS(=O)(=O)c1ccc(C=Cc2ccc(N(C)CCO)cc2)cc1. The fourth-order valence-corrected chi connectivity index (χ4v) is 5.72. The first-order chi connectivity index (χ1) is 17.5. The van der Waals surface area contributed by atoms with E-state index in [4.69, 9.17) is 5.11 Å².